The number of fused-ring (bicyclic) bond motifs is 1. The SMILES string of the molecule is CN1CCN(CCOc2ccc3c(=O)cc(-c4csc(N)n4)[nH]c3c2Cl)CC1. The predicted octanol–water partition coefficient (Wildman–Crippen LogP) is 2.51. The summed E-state index contributed by atoms with van der Waals surface area (Å²) in [5.41, 5.74) is 7.34. The highest BCUT2D eigenvalue weighted by molar-refractivity contribution is 7.13. The summed E-state index contributed by atoms with van der Waals surface area (Å²) in [7, 11) is 2.14. The Morgan fingerprint density at radius 2 is 2.11 bits per heavy atom. The van der Waals surface area contributed by atoms with Crippen LogP contribution in [-0.4, -0.2) is 66.1 Å². The third-order valence-corrected chi connectivity index (χ3v) is 6.02. The molecule has 2 aromatic heterocycles. The molecular formula is C19H22ClN5O2S. The molecule has 1 aromatic carbocycles. The van der Waals surface area contributed by atoms with E-state index < -0.39 is 0 Å². The van der Waals surface area contributed by atoms with E-state index in [1.165, 1.54) is 17.4 Å². The summed E-state index contributed by atoms with van der Waals surface area (Å²) in [6.07, 6.45) is 0. The van der Waals surface area contributed by atoms with Crippen molar-refractivity contribution >= 4 is 39.0 Å². The van der Waals surface area contributed by atoms with Crippen LogP contribution in [0, 0.1) is 0 Å². The van der Waals surface area contributed by atoms with E-state index in [2.05, 4.69) is 26.8 Å². The first kappa shape index (κ1) is 19.2. The number of aromatic amines is 1. The van der Waals surface area contributed by atoms with Crippen molar-refractivity contribution in [1.82, 2.24) is 19.8 Å². The zero-order chi connectivity index (χ0) is 19.7. The predicted molar refractivity (Wildman–Crippen MR) is 115 cm³/mol. The molecule has 3 aromatic rings. The second-order valence-corrected chi connectivity index (χ2v) is 8.18. The number of piperazine rings is 1. The standard InChI is InChI=1S/C19H22ClN5O2S/c1-24-4-6-25(7-5-24)8-9-27-16-3-2-12-15(26)10-13(22-18(12)17(16)20)14-11-28-19(21)23-14/h2-3,10-11H,4-9H2,1H3,(H2,21,23)(H,22,26). The highest BCUT2D eigenvalue weighted by Crippen LogP contribution is 2.32. The lowest BCUT2D eigenvalue weighted by atomic mass is 10.1. The lowest BCUT2D eigenvalue weighted by Crippen LogP contribution is -2.45. The van der Waals surface area contributed by atoms with Gasteiger partial charge >= 0.3 is 0 Å². The Hall–Kier alpha value is -2.13. The molecule has 0 aliphatic carbocycles. The Morgan fingerprint density at radius 3 is 2.82 bits per heavy atom. The first-order valence-corrected chi connectivity index (χ1v) is 10.4. The topological polar surface area (TPSA) is 87.5 Å². The van der Waals surface area contributed by atoms with Crippen molar-refractivity contribution in [2.45, 2.75) is 0 Å². The maximum Gasteiger partial charge on any atom is 0.190 e. The Balaban J connectivity index is 1.54. The fourth-order valence-corrected chi connectivity index (χ4v) is 4.11. The molecule has 4 rings (SSSR count). The van der Waals surface area contributed by atoms with Crippen LogP contribution in [0.5, 0.6) is 5.75 Å². The van der Waals surface area contributed by atoms with Gasteiger partial charge in [0.1, 0.15) is 17.4 Å². The molecule has 0 saturated carbocycles. The highest BCUT2D eigenvalue weighted by Gasteiger charge is 2.15. The van der Waals surface area contributed by atoms with Crippen LogP contribution < -0.4 is 15.9 Å². The monoisotopic (exact) mass is 419 g/mol. The number of likely N-dealkylation sites (N-methyl/N-ethyl adjacent to an activating group) is 1. The number of thiazole rings is 1. The lowest BCUT2D eigenvalue weighted by molar-refractivity contribution is 0.134. The van der Waals surface area contributed by atoms with Gasteiger partial charge in [-0.15, -0.1) is 11.3 Å². The molecule has 0 unspecified atom stereocenters. The maximum absolute atomic E-state index is 12.5. The zero-order valence-electron chi connectivity index (χ0n) is 15.6. The number of aromatic nitrogens is 2. The number of nitrogens with one attached hydrogen (secondary N) is 1. The molecule has 9 heteroatoms. The Labute approximate surface area is 171 Å². The number of ether oxygens (including phenoxy) is 1. The first-order chi connectivity index (χ1) is 13.5. The number of nitrogens with two attached hydrogens (primary N) is 1. The lowest BCUT2D eigenvalue weighted by Gasteiger charge is -2.32. The van der Waals surface area contributed by atoms with E-state index >= 15 is 0 Å². The molecule has 7 nitrogen and oxygen atoms in total. The second-order valence-electron chi connectivity index (χ2n) is 6.91. The van der Waals surface area contributed by atoms with E-state index in [1.54, 1.807) is 17.5 Å². The smallest absolute Gasteiger partial charge is 0.190 e. The van der Waals surface area contributed by atoms with Gasteiger partial charge in [0.25, 0.3) is 0 Å². The molecule has 1 aliphatic rings. The second kappa shape index (κ2) is 8.08. The van der Waals surface area contributed by atoms with Gasteiger partial charge < -0.3 is 20.4 Å². The van der Waals surface area contributed by atoms with Crippen LogP contribution in [0.25, 0.3) is 22.3 Å². The summed E-state index contributed by atoms with van der Waals surface area (Å²) < 4.78 is 5.92. The molecule has 0 atom stereocenters. The van der Waals surface area contributed by atoms with Gasteiger partial charge in [-0.25, -0.2) is 4.98 Å². The average Bonchev–Trinajstić information content (AvgIpc) is 3.12. The number of H-pyrrole nitrogens is 1. The first-order valence-electron chi connectivity index (χ1n) is 9.12. The fraction of sp³-hybridized carbons (Fsp3) is 0.368. The van der Waals surface area contributed by atoms with Crippen molar-refractivity contribution in [3.8, 4) is 17.1 Å². The van der Waals surface area contributed by atoms with Crippen molar-refractivity contribution in [3.63, 3.8) is 0 Å². The number of hydrogen-bond donors (Lipinski definition) is 2. The van der Waals surface area contributed by atoms with E-state index in [-0.39, 0.29) is 5.43 Å². The van der Waals surface area contributed by atoms with Gasteiger partial charge in [-0.3, -0.25) is 9.69 Å². The minimum atomic E-state index is -0.124. The van der Waals surface area contributed by atoms with Crippen LogP contribution in [0.2, 0.25) is 5.02 Å². The van der Waals surface area contributed by atoms with Gasteiger partial charge in [0.05, 0.1) is 16.9 Å². The van der Waals surface area contributed by atoms with Crippen molar-refractivity contribution in [1.29, 1.82) is 0 Å². The third kappa shape index (κ3) is 4.00. The highest BCUT2D eigenvalue weighted by atomic mass is 35.5. The number of benzene rings is 1. The normalized spacial score (nSPS) is 15.9. The van der Waals surface area contributed by atoms with E-state index in [0.717, 1.165) is 32.7 Å². The van der Waals surface area contributed by atoms with E-state index in [1.807, 2.05) is 0 Å². The Bertz CT molecular complexity index is 1040. The molecule has 3 heterocycles. The van der Waals surface area contributed by atoms with Crippen LogP contribution in [0.15, 0.2) is 28.4 Å². The molecule has 1 aliphatic heterocycles. The number of rotatable bonds is 5. The summed E-state index contributed by atoms with van der Waals surface area (Å²) in [5, 5.41) is 3.17. The summed E-state index contributed by atoms with van der Waals surface area (Å²) in [5.74, 6) is 0.564. The fourth-order valence-electron chi connectivity index (χ4n) is 3.28. The van der Waals surface area contributed by atoms with Crippen LogP contribution in [0.4, 0.5) is 5.13 Å². The van der Waals surface area contributed by atoms with E-state index in [0.29, 0.717) is 44.8 Å². The van der Waals surface area contributed by atoms with Crippen LogP contribution >= 0.6 is 22.9 Å². The molecule has 0 radical (unpaired) electrons. The molecule has 1 saturated heterocycles. The number of hydrogen-bond acceptors (Lipinski definition) is 7. The molecule has 28 heavy (non-hydrogen) atoms. The van der Waals surface area contributed by atoms with Crippen molar-refractivity contribution in [2.24, 2.45) is 0 Å². The molecular weight excluding hydrogens is 398 g/mol. The molecule has 3 N–H and O–H groups in total. The Kier molecular flexibility index (Phi) is 5.54. The number of halogens is 1. The van der Waals surface area contributed by atoms with Gasteiger partial charge in [0.2, 0.25) is 0 Å². The maximum atomic E-state index is 12.5. The van der Waals surface area contributed by atoms with Crippen molar-refractivity contribution < 1.29 is 4.74 Å². The average molecular weight is 420 g/mol. The number of anilines is 1. The van der Waals surface area contributed by atoms with E-state index in [9.17, 15) is 4.79 Å². The molecule has 1 fully saturated rings. The Morgan fingerprint density at radius 1 is 1.32 bits per heavy atom. The number of nitrogen functional groups attached to an aromatic ring is 1. The summed E-state index contributed by atoms with van der Waals surface area (Å²) >= 11 is 7.88. The van der Waals surface area contributed by atoms with Crippen molar-refractivity contribution in [3.05, 3.63) is 38.8 Å². The van der Waals surface area contributed by atoms with Crippen LogP contribution in [-0.2, 0) is 0 Å². The van der Waals surface area contributed by atoms with Gasteiger partial charge in [-0.1, -0.05) is 11.6 Å². The number of pyridine rings is 1. The van der Waals surface area contributed by atoms with Gasteiger partial charge in [0, 0.05) is 49.6 Å². The summed E-state index contributed by atoms with van der Waals surface area (Å²) in [6.45, 7) is 5.61. The summed E-state index contributed by atoms with van der Waals surface area (Å²) in [4.78, 5) is 24.6. The zero-order valence-corrected chi connectivity index (χ0v) is 17.1. The largest absolute Gasteiger partial charge is 0.491 e. The van der Waals surface area contributed by atoms with Gasteiger partial charge in [0.15, 0.2) is 10.6 Å². The van der Waals surface area contributed by atoms with Gasteiger partial charge in [-0.2, -0.15) is 0 Å². The summed E-state index contributed by atoms with van der Waals surface area (Å²) in [6, 6.07) is 5.01. The molecule has 0 bridgehead atoms. The third-order valence-electron chi connectivity index (χ3n) is 4.97. The van der Waals surface area contributed by atoms with Crippen molar-refractivity contribution in [2.75, 3.05) is 52.1 Å². The molecule has 148 valence electrons. The van der Waals surface area contributed by atoms with Crippen LogP contribution in [0.3, 0.4) is 0 Å². The van der Waals surface area contributed by atoms with Gasteiger partial charge in [-0.05, 0) is 19.2 Å². The minimum absolute atomic E-state index is 0.124. The van der Waals surface area contributed by atoms with Crippen LogP contribution in [0.1, 0.15) is 0 Å². The minimum Gasteiger partial charge on any atom is -0.491 e. The van der Waals surface area contributed by atoms with E-state index in [4.69, 9.17) is 22.1 Å². The number of nitrogens with zero attached hydrogens (tertiary/aromatic N) is 3. The quantitative estimate of drug-likeness (QED) is 0.660. The molecule has 0 spiro atoms. The molecule has 0 amide bonds.